The second kappa shape index (κ2) is 5.88. The summed E-state index contributed by atoms with van der Waals surface area (Å²) in [7, 11) is 0. The van der Waals surface area contributed by atoms with E-state index < -0.39 is 11.6 Å². The number of carbonyl (C=O) groups is 1. The highest BCUT2D eigenvalue weighted by atomic mass is 35.5. The maximum Gasteiger partial charge on any atom is 0.408 e. The summed E-state index contributed by atoms with van der Waals surface area (Å²) in [5.41, 5.74) is 0.255. The Morgan fingerprint density at radius 1 is 1.48 bits per heavy atom. The average molecular weight is 324 g/mol. The molecule has 0 aliphatic rings. The molecule has 2 aromatic heterocycles. The fourth-order valence-electron chi connectivity index (χ4n) is 1.68. The summed E-state index contributed by atoms with van der Waals surface area (Å²) in [5, 5.41) is 9.58. The van der Waals surface area contributed by atoms with E-state index in [0.29, 0.717) is 5.15 Å². The molecule has 0 aliphatic carbocycles. The van der Waals surface area contributed by atoms with Crippen molar-refractivity contribution in [3.05, 3.63) is 22.4 Å². The SMILES string of the molecule is CC(C)(C)N(CC#Cc1cc2ncnc(Cl)c2s1)C(=O)O. The normalized spacial score (nSPS) is 11.0. The van der Waals surface area contributed by atoms with Gasteiger partial charge in [-0.25, -0.2) is 14.8 Å². The van der Waals surface area contributed by atoms with E-state index in [9.17, 15) is 9.90 Å². The number of carboxylic acid groups (broad SMARTS) is 1. The molecule has 7 heteroatoms. The van der Waals surface area contributed by atoms with Crippen molar-refractivity contribution in [3.63, 3.8) is 0 Å². The van der Waals surface area contributed by atoms with Gasteiger partial charge in [-0.3, -0.25) is 4.90 Å². The lowest BCUT2D eigenvalue weighted by atomic mass is 10.1. The third-order valence-electron chi connectivity index (χ3n) is 2.76. The Morgan fingerprint density at radius 3 is 2.76 bits per heavy atom. The summed E-state index contributed by atoms with van der Waals surface area (Å²) >= 11 is 7.38. The summed E-state index contributed by atoms with van der Waals surface area (Å²) < 4.78 is 0.786. The lowest BCUT2D eigenvalue weighted by Gasteiger charge is -2.31. The molecule has 0 radical (unpaired) electrons. The van der Waals surface area contributed by atoms with Gasteiger partial charge in [0.2, 0.25) is 0 Å². The Labute approximate surface area is 131 Å². The molecule has 0 aliphatic heterocycles. The van der Waals surface area contributed by atoms with Gasteiger partial charge in [0.15, 0.2) is 0 Å². The van der Waals surface area contributed by atoms with E-state index >= 15 is 0 Å². The van der Waals surface area contributed by atoms with Crippen molar-refractivity contribution < 1.29 is 9.90 Å². The Hall–Kier alpha value is -1.84. The molecule has 5 nitrogen and oxygen atoms in total. The first-order valence-electron chi connectivity index (χ1n) is 6.18. The van der Waals surface area contributed by atoms with Gasteiger partial charge in [-0.1, -0.05) is 23.4 Å². The summed E-state index contributed by atoms with van der Waals surface area (Å²) in [4.78, 5) is 21.3. The Bertz CT molecular complexity index is 740. The van der Waals surface area contributed by atoms with Crippen molar-refractivity contribution in [2.75, 3.05) is 6.54 Å². The van der Waals surface area contributed by atoms with Gasteiger partial charge in [0, 0.05) is 5.54 Å². The van der Waals surface area contributed by atoms with E-state index in [1.165, 1.54) is 22.6 Å². The average Bonchev–Trinajstić information content (AvgIpc) is 2.77. The molecule has 0 spiro atoms. The molecule has 1 N–H and O–H groups in total. The van der Waals surface area contributed by atoms with Gasteiger partial charge in [0.05, 0.1) is 21.6 Å². The van der Waals surface area contributed by atoms with Crippen molar-refractivity contribution in [2.24, 2.45) is 0 Å². The zero-order chi connectivity index (χ0) is 15.6. The first kappa shape index (κ1) is 15.5. The van der Waals surface area contributed by atoms with Crippen LogP contribution in [0.4, 0.5) is 4.79 Å². The number of aromatic nitrogens is 2. The Morgan fingerprint density at radius 2 is 2.19 bits per heavy atom. The molecule has 110 valence electrons. The van der Waals surface area contributed by atoms with Gasteiger partial charge in [-0.15, -0.1) is 11.3 Å². The van der Waals surface area contributed by atoms with Crippen LogP contribution in [0.2, 0.25) is 5.15 Å². The molecule has 0 aromatic carbocycles. The van der Waals surface area contributed by atoms with Crippen LogP contribution in [0.1, 0.15) is 25.6 Å². The van der Waals surface area contributed by atoms with Crippen LogP contribution in [0, 0.1) is 11.8 Å². The molecular weight excluding hydrogens is 310 g/mol. The second-order valence-electron chi connectivity index (χ2n) is 5.33. The standard InChI is InChI=1S/C14H14ClN3O2S/c1-14(2,3)18(13(19)20)6-4-5-9-7-10-11(21-9)12(15)17-8-16-10/h7-8H,6H2,1-3H3,(H,19,20). The fourth-order valence-corrected chi connectivity index (χ4v) is 2.81. The molecule has 1 amide bonds. The highest BCUT2D eigenvalue weighted by molar-refractivity contribution is 7.20. The number of fused-ring (bicyclic) bond motifs is 1. The van der Waals surface area contributed by atoms with E-state index in [2.05, 4.69) is 21.8 Å². The zero-order valence-electron chi connectivity index (χ0n) is 11.8. The number of halogens is 1. The number of hydrogen-bond donors (Lipinski definition) is 1. The molecule has 0 unspecified atom stereocenters. The van der Waals surface area contributed by atoms with Gasteiger partial charge in [-0.2, -0.15) is 0 Å². The van der Waals surface area contributed by atoms with Crippen molar-refractivity contribution >= 4 is 39.2 Å². The van der Waals surface area contributed by atoms with Crippen LogP contribution in [0.3, 0.4) is 0 Å². The molecule has 2 rings (SSSR count). The Balaban J connectivity index is 2.21. The van der Waals surface area contributed by atoms with Crippen molar-refractivity contribution in [3.8, 4) is 11.8 Å². The summed E-state index contributed by atoms with van der Waals surface area (Å²) in [6, 6.07) is 1.82. The minimum absolute atomic E-state index is 0.145. The smallest absolute Gasteiger partial charge is 0.408 e. The number of amides is 1. The topological polar surface area (TPSA) is 66.3 Å². The predicted octanol–water partition coefficient (Wildman–Crippen LogP) is 3.47. The molecule has 0 atom stereocenters. The van der Waals surface area contributed by atoms with Crippen LogP contribution in [0.25, 0.3) is 10.2 Å². The first-order chi connectivity index (χ1) is 9.79. The van der Waals surface area contributed by atoms with Gasteiger partial charge >= 0.3 is 6.09 Å². The first-order valence-corrected chi connectivity index (χ1v) is 7.38. The van der Waals surface area contributed by atoms with Crippen LogP contribution in [-0.2, 0) is 0 Å². The number of thiophene rings is 1. The molecule has 2 heterocycles. The molecule has 0 bridgehead atoms. The lowest BCUT2D eigenvalue weighted by molar-refractivity contribution is 0.110. The van der Waals surface area contributed by atoms with Crippen LogP contribution in [-0.4, -0.2) is 38.2 Å². The number of nitrogens with zero attached hydrogens (tertiary/aromatic N) is 3. The zero-order valence-corrected chi connectivity index (χ0v) is 13.4. The summed E-state index contributed by atoms with van der Waals surface area (Å²) in [5.74, 6) is 5.84. The van der Waals surface area contributed by atoms with E-state index in [4.69, 9.17) is 11.6 Å². The molecule has 21 heavy (non-hydrogen) atoms. The monoisotopic (exact) mass is 323 g/mol. The molecule has 0 saturated heterocycles. The van der Waals surface area contributed by atoms with E-state index in [-0.39, 0.29) is 6.54 Å². The summed E-state index contributed by atoms with van der Waals surface area (Å²) in [6.07, 6.45) is 0.419. The largest absolute Gasteiger partial charge is 0.465 e. The Kier molecular flexibility index (Phi) is 4.35. The van der Waals surface area contributed by atoms with E-state index in [1.807, 2.05) is 26.8 Å². The van der Waals surface area contributed by atoms with Crippen LogP contribution in [0.5, 0.6) is 0 Å². The van der Waals surface area contributed by atoms with E-state index in [1.54, 1.807) is 0 Å². The van der Waals surface area contributed by atoms with Gasteiger partial charge in [0.25, 0.3) is 0 Å². The third-order valence-corrected chi connectivity index (χ3v) is 4.20. The maximum atomic E-state index is 11.2. The van der Waals surface area contributed by atoms with Crippen LogP contribution < -0.4 is 0 Å². The molecular formula is C14H14ClN3O2S. The second-order valence-corrected chi connectivity index (χ2v) is 6.74. The lowest BCUT2D eigenvalue weighted by Crippen LogP contribution is -2.45. The van der Waals surface area contributed by atoms with Crippen LogP contribution >= 0.6 is 22.9 Å². The van der Waals surface area contributed by atoms with Gasteiger partial charge in [0.1, 0.15) is 11.5 Å². The van der Waals surface area contributed by atoms with Gasteiger partial charge in [-0.05, 0) is 26.8 Å². The number of rotatable bonds is 1. The molecule has 2 aromatic rings. The molecule has 0 fully saturated rings. The van der Waals surface area contributed by atoms with E-state index in [0.717, 1.165) is 15.1 Å². The van der Waals surface area contributed by atoms with Gasteiger partial charge < -0.3 is 5.11 Å². The number of hydrogen-bond acceptors (Lipinski definition) is 4. The predicted molar refractivity (Wildman–Crippen MR) is 83.8 cm³/mol. The maximum absolute atomic E-state index is 11.2. The highest BCUT2D eigenvalue weighted by Crippen LogP contribution is 2.28. The van der Waals surface area contributed by atoms with Crippen molar-refractivity contribution in [1.82, 2.24) is 14.9 Å². The summed E-state index contributed by atoms with van der Waals surface area (Å²) in [6.45, 7) is 5.64. The van der Waals surface area contributed by atoms with Crippen molar-refractivity contribution in [2.45, 2.75) is 26.3 Å². The quantitative estimate of drug-likeness (QED) is 0.644. The molecule has 0 saturated carbocycles. The van der Waals surface area contributed by atoms with Crippen molar-refractivity contribution in [1.29, 1.82) is 0 Å². The fraction of sp³-hybridized carbons (Fsp3) is 0.357. The minimum atomic E-state index is -0.984. The minimum Gasteiger partial charge on any atom is -0.465 e. The van der Waals surface area contributed by atoms with Crippen LogP contribution in [0.15, 0.2) is 12.4 Å². The highest BCUT2D eigenvalue weighted by Gasteiger charge is 2.24. The third kappa shape index (κ3) is 3.63.